The first kappa shape index (κ1) is 14.4. The molecule has 0 amide bonds. The van der Waals surface area contributed by atoms with Crippen LogP contribution in [-0.4, -0.2) is 5.88 Å². The third-order valence-corrected chi connectivity index (χ3v) is 2.71. The summed E-state index contributed by atoms with van der Waals surface area (Å²) in [6.45, 7) is 0.0495. The van der Waals surface area contributed by atoms with Crippen molar-refractivity contribution in [1.29, 1.82) is 0 Å². The van der Waals surface area contributed by atoms with Crippen molar-refractivity contribution in [3.05, 3.63) is 65.2 Å². The second-order valence-corrected chi connectivity index (χ2v) is 4.22. The van der Waals surface area contributed by atoms with Crippen molar-refractivity contribution in [3.8, 4) is 17.6 Å². The molecule has 0 radical (unpaired) electrons. The maximum absolute atomic E-state index is 13.5. The van der Waals surface area contributed by atoms with Gasteiger partial charge in [-0.1, -0.05) is 30.0 Å². The van der Waals surface area contributed by atoms with Crippen LogP contribution in [0, 0.1) is 23.5 Å². The summed E-state index contributed by atoms with van der Waals surface area (Å²) in [6.07, 6.45) is 0. The zero-order chi connectivity index (χ0) is 14.4. The van der Waals surface area contributed by atoms with Crippen LogP contribution in [0.5, 0.6) is 5.75 Å². The topological polar surface area (TPSA) is 9.23 Å². The number of hydrogen-bond donors (Lipinski definition) is 0. The molecule has 0 bridgehead atoms. The SMILES string of the molecule is Fc1ccc(OCc2ccccc2F)c(C#CCCl)c1. The van der Waals surface area contributed by atoms with Crippen LogP contribution in [0.4, 0.5) is 8.78 Å². The van der Waals surface area contributed by atoms with Crippen molar-refractivity contribution >= 4 is 11.6 Å². The average molecular weight is 293 g/mol. The molecule has 0 aliphatic carbocycles. The van der Waals surface area contributed by atoms with E-state index in [1.165, 1.54) is 24.3 Å². The van der Waals surface area contributed by atoms with E-state index in [-0.39, 0.29) is 18.3 Å². The van der Waals surface area contributed by atoms with Gasteiger partial charge in [-0.25, -0.2) is 8.78 Å². The fraction of sp³-hybridized carbons (Fsp3) is 0.125. The Kier molecular flexibility index (Phi) is 4.97. The van der Waals surface area contributed by atoms with Crippen molar-refractivity contribution in [2.45, 2.75) is 6.61 Å². The molecule has 2 aromatic carbocycles. The fourth-order valence-corrected chi connectivity index (χ4v) is 1.69. The maximum Gasteiger partial charge on any atom is 0.135 e. The number of rotatable bonds is 3. The molecule has 0 aliphatic rings. The molecule has 4 heteroatoms. The zero-order valence-electron chi connectivity index (χ0n) is 10.5. The van der Waals surface area contributed by atoms with Crippen LogP contribution in [0.1, 0.15) is 11.1 Å². The van der Waals surface area contributed by atoms with E-state index in [0.717, 1.165) is 0 Å². The first-order valence-corrected chi connectivity index (χ1v) is 6.45. The minimum absolute atomic E-state index is 0.0495. The van der Waals surface area contributed by atoms with Gasteiger partial charge in [-0.3, -0.25) is 0 Å². The third-order valence-electron chi connectivity index (χ3n) is 2.57. The van der Waals surface area contributed by atoms with E-state index < -0.39 is 5.82 Å². The molecule has 0 aromatic heterocycles. The summed E-state index contributed by atoms with van der Waals surface area (Å²) in [7, 11) is 0. The van der Waals surface area contributed by atoms with Gasteiger partial charge in [0, 0.05) is 5.56 Å². The molecule has 1 nitrogen and oxygen atoms in total. The molecule has 20 heavy (non-hydrogen) atoms. The van der Waals surface area contributed by atoms with Crippen molar-refractivity contribution in [3.63, 3.8) is 0 Å². The number of alkyl halides is 1. The second kappa shape index (κ2) is 6.93. The van der Waals surface area contributed by atoms with Gasteiger partial charge in [0.25, 0.3) is 0 Å². The minimum atomic E-state index is -0.415. The molecule has 0 heterocycles. The summed E-state index contributed by atoms with van der Waals surface area (Å²) in [5.41, 5.74) is 0.815. The normalized spacial score (nSPS) is 9.75. The molecule has 0 spiro atoms. The number of benzene rings is 2. The van der Waals surface area contributed by atoms with Crippen LogP contribution in [0.3, 0.4) is 0 Å². The first-order valence-electron chi connectivity index (χ1n) is 5.91. The Morgan fingerprint density at radius 1 is 1.10 bits per heavy atom. The molecule has 2 aromatic rings. The molecule has 0 fully saturated rings. The van der Waals surface area contributed by atoms with Gasteiger partial charge in [-0.05, 0) is 24.3 Å². The van der Waals surface area contributed by atoms with Crippen LogP contribution >= 0.6 is 11.6 Å². The van der Waals surface area contributed by atoms with Crippen LogP contribution in [0.2, 0.25) is 0 Å². The van der Waals surface area contributed by atoms with Gasteiger partial charge in [0.1, 0.15) is 24.0 Å². The van der Waals surface area contributed by atoms with Gasteiger partial charge in [0.15, 0.2) is 0 Å². The molecule has 0 aliphatic heterocycles. The highest BCUT2D eigenvalue weighted by atomic mass is 35.5. The Morgan fingerprint density at radius 3 is 2.65 bits per heavy atom. The van der Waals surface area contributed by atoms with Gasteiger partial charge >= 0.3 is 0 Å². The summed E-state index contributed by atoms with van der Waals surface area (Å²) in [5.74, 6) is 5.13. The van der Waals surface area contributed by atoms with Gasteiger partial charge in [0.2, 0.25) is 0 Å². The molecular formula is C16H11ClF2O. The molecular weight excluding hydrogens is 282 g/mol. The van der Waals surface area contributed by atoms with E-state index in [0.29, 0.717) is 16.9 Å². The molecule has 2 rings (SSSR count). The Bertz CT molecular complexity index is 659. The van der Waals surface area contributed by atoms with E-state index in [4.69, 9.17) is 16.3 Å². The highest BCUT2D eigenvalue weighted by Crippen LogP contribution is 2.20. The van der Waals surface area contributed by atoms with Crippen LogP contribution in [0.15, 0.2) is 42.5 Å². The molecule has 0 saturated heterocycles. The monoisotopic (exact) mass is 292 g/mol. The number of ether oxygens (including phenoxy) is 1. The lowest BCUT2D eigenvalue weighted by molar-refractivity contribution is 0.298. The first-order chi connectivity index (χ1) is 9.70. The molecule has 0 unspecified atom stereocenters. The van der Waals surface area contributed by atoms with Gasteiger partial charge in [0.05, 0.1) is 11.4 Å². The van der Waals surface area contributed by atoms with E-state index in [1.54, 1.807) is 18.2 Å². The lowest BCUT2D eigenvalue weighted by atomic mass is 10.2. The Morgan fingerprint density at radius 2 is 1.90 bits per heavy atom. The van der Waals surface area contributed by atoms with Crippen LogP contribution in [-0.2, 0) is 6.61 Å². The molecule has 0 saturated carbocycles. The van der Waals surface area contributed by atoms with Crippen LogP contribution < -0.4 is 4.74 Å². The zero-order valence-corrected chi connectivity index (χ0v) is 11.3. The quantitative estimate of drug-likeness (QED) is 0.610. The standard InChI is InChI=1S/C16H11ClF2O/c17-9-3-5-12-10-14(18)7-8-16(12)20-11-13-4-1-2-6-15(13)19/h1-2,4,6-8,10H,9,11H2. The summed E-state index contributed by atoms with van der Waals surface area (Å²) in [5, 5.41) is 0. The summed E-state index contributed by atoms with van der Waals surface area (Å²) >= 11 is 5.48. The second-order valence-electron chi connectivity index (χ2n) is 3.96. The number of halogens is 3. The van der Waals surface area contributed by atoms with Gasteiger partial charge in [-0.15, -0.1) is 11.6 Å². The van der Waals surface area contributed by atoms with E-state index in [2.05, 4.69) is 11.8 Å². The summed E-state index contributed by atoms with van der Waals surface area (Å²) < 4.78 is 32.2. The van der Waals surface area contributed by atoms with Gasteiger partial charge < -0.3 is 4.74 Å². The largest absolute Gasteiger partial charge is 0.487 e. The lowest BCUT2D eigenvalue weighted by Crippen LogP contribution is -2.00. The Balaban J connectivity index is 2.19. The highest BCUT2D eigenvalue weighted by molar-refractivity contribution is 6.19. The van der Waals surface area contributed by atoms with E-state index in [9.17, 15) is 8.78 Å². The minimum Gasteiger partial charge on any atom is -0.487 e. The third kappa shape index (κ3) is 3.72. The van der Waals surface area contributed by atoms with Crippen LogP contribution in [0.25, 0.3) is 0 Å². The predicted octanol–water partition coefficient (Wildman–Crippen LogP) is 4.13. The fourth-order valence-electron chi connectivity index (χ4n) is 1.63. The summed E-state index contributed by atoms with van der Waals surface area (Å²) in [4.78, 5) is 0. The number of hydrogen-bond acceptors (Lipinski definition) is 1. The van der Waals surface area contributed by atoms with Crippen molar-refractivity contribution in [2.75, 3.05) is 5.88 Å². The maximum atomic E-state index is 13.5. The highest BCUT2D eigenvalue weighted by Gasteiger charge is 2.06. The van der Waals surface area contributed by atoms with Crippen molar-refractivity contribution in [2.24, 2.45) is 0 Å². The molecule has 0 atom stereocenters. The smallest absolute Gasteiger partial charge is 0.135 e. The summed E-state index contributed by atoms with van der Waals surface area (Å²) in [6, 6.07) is 10.3. The Labute approximate surface area is 121 Å². The Hall–Kier alpha value is -2.05. The molecule has 102 valence electrons. The van der Waals surface area contributed by atoms with Crippen molar-refractivity contribution in [1.82, 2.24) is 0 Å². The van der Waals surface area contributed by atoms with E-state index in [1.807, 2.05) is 0 Å². The predicted molar refractivity (Wildman–Crippen MR) is 74.7 cm³/mol. The molecule has 0 N–H and O–H groups in total. The van der Waals surface area contributed by atoms with Crippen molar-refractivity contribution < 1.29 is 13.5 Å². The average Bonchev–Trinajstić information content (AvgIpc) is 2.45. The lowest BCUT2D eigenvalue weighted by Gasteiger charge is -2.09. The van der Waals surface area contributed by atoms with Gasteiger partial charge in [-0.2, -0.15) is 0 Å². The van der Waals surface area contributed by atoms with E-state index >= 15 is 0 Å².